The number of nitrogens with zero attached hydrogens (tertiary/aromatic N) is 1. The molecule has 10 heteroatoms. The van der Waals surface area contributed by atoms with E-state index in [0.717, 1.165) is 5.57 Å². The molecule has 0 bridgehead atoms. The van der Waals surface area contributed by atoms with Crippen molar-refractivity contribution in [3.05, 3.63) is 76.9 Å². The van der Waals surface area contributed by atoms with E-state index in [2.05, 4.69) is 10.6 Å². The van der Waals surface area contributed by atoms with Crippen LogP contribution in [0.2, 0.25) is 0 Å². The number of carbonyl (C=O) groups excluding carboxylic acids is 3. The maximum absolute atomic E-state index is 14.4. The third kappa shape index (κ3) is 7.16. The highest BCUT2D eigenvalue weighted by molar-refractivity contribution is 5.97. The zero-order valence-corrected chi connectivity index (χ0v) is 21.6. The Labute approximate surface area is 220 Å². The van der Waals surface area contributed by atoms with E-state index in [-0.39, 0.29) is 24.3 Å². The van der Waals surface area contributed by atoms with Crippen LogP contribution in [-0.2, 0) is 16.0 Å². The summed E-state index contributed by atoms with van der Waals surface area (Å²) in [4.78, 5) is 39.8. The van der Waals surface area contributed by atoms with Gasteiger partial charge in [-0.05, 0) is 44.9 Å². The number of likely N-dealkylation sites (tertiary alicyclic amines) is 1. The Morgan fingerprint density at radius 1 is 1.13 bits per heavy atom. The van der Waals surface area contributed by atoms with Gasteiger partial charge in [0.25, 0.3) is 17.7 Å². The smallest absolute Gasteiger partial charge is 0.267 e. The maximum Gasteiger partial charge on any atom is 0.267 e. The monoisotopic (exact) mass is 529 g/mol. The molecule has 1 saturated heterocycles. The third-order valence-corrected chi connectivity index (χ3v) is 6.44. The van der Waals surface area contributed by atoms with Crippen LogP contribution in [0.1, 0.15) is 41.8 Å². The van der Waals surface area contributed by atoms with Crippen molar-refractivity contribution in [2.45, 2.75) is 57.7 Å². The van der Waals surface area contributed by atoms with Crippen LogP contribution in [0.4, 0.5) is 8.78 Å². The summed E-state index contributed by atoms with van der Waals surface area (Å²) in [6.45, 7) is 4.27. The zero-order chi connectivity index (χ0) is 28.0. The van der Waals surface area contributed by atoms with Gasteiger partial charge < -0.3 is 25.7 Å². The molecule has 3 atom stereocenters. The SMILES string of the molecule is CC(C)=CCNC(=O)C1CC(F)(F)CN1C(=O)[C@@H](O)[C@H](Cc1ccccc1)NC(=O)c1cccc(O)c1C. The van der Waals surface area contributed by atoms with E-state index in [0.29, 0.717) is 16.0 Å². The Balaban J connectivity index is 1.86. The predicted molar refractivity (Wildman–Crippen MR) is 138 cm³/mol. The van der Waals surface area contributed by atoms with Gasteiger partial charge in [-0.15, -0.1) is 0 Å². The molecule has 0 spiro atoms. The average molecular weight is 530 g/mol. The first-order chi connectivity index (χ1) is 17.9. The summed E-state index contributed by atoms with van der Waals surface area (Å²) in [5.41, 5.74) is 2.04. The fraction of sp³-hybridized carbons (Fsp3) is 0.393. The topological polar surface area (TPSA) is 119 Å². The van der Waals surface area contributed by atoms with Crippen molar-refractivity contribution in [1.29, 1.82) is 0 Å². The van der Waals surface area contributed by atoms with Gasteiger partial charge in [-0.1, -0.05) is 48.0 Å². The summed E-state index contributed by atoms with van der Waals surface area (Å²) in [6, 6.07) is 10.4. The lowest BCUT2D eigenvalue weighted by Gasteiger charge is -2.30. The number of aliphatic hydroxyl groups excluding tert-OH is 1. The lowest BCUT2D eigenvalue weighted by atomic mass is 9.98. The summed E-state index contributed by atoms with van der Waals surface area (Å²) < 4.78 is 28.8. The Hall–Kier alpha value is -3.79. The minimum atomic E-state index is -3.31. The molecule has 1 unspecified atom stereocenters. The van der Waals surface area contributed by atoms with Crippen molar-refractivity contribution in [3.8, 4) is 5.75 Å². The van der Waals surface area contributed by atoms with Crippen molar-refractivity contribution < 1.29 is 33.4 Å². The molecular weight excluding hydrogens is 496 g/mol. The van der Waals surface area contributed by atoms with Crippen LogP contribution in [0.25, 0.3) is 0 Å². The van der Waals surface area contributed by atoms with Crippen molar-refractivity contribution in [3.63, 3.8) is 0 Å². The number of hydrogen-bond acceptors (Lipinski definition) is 5. The first-order valence-corrected chi connectivity index (χ1v) is 12.3. The van der Waals surface area contributed by atoms with Crippen LogP contribution >= 0.6 is 0 Å². The minimum Gasteiger partial charge on any atom is -0.508 e. The summed E-state index contributed by atoms with van der Waals surface area (Å²) in [6.07, 6.45) is -1.07. The molecule has 0 aromatic heterocycles. The molecular formula is C28H33F2N3O5. The van der Waals surface area contributed by atoms with E-state index in [1.807, 2.05) is 13.8 Å². The van der Waals surface area contributed by atoms with Gasteiger partial charge >= 0.3 is 0 Å². The van der Waals surface area contributed by atoms with E-state index >= 15 is 0 Å². The van der Waals surface area contributed by atoms with Crippen molar-refractivity contribution in [1.82, 2.24) is 15.5 Å². The molecule has 8 nitrogen and oxygen atoms in total. The van der Waals surface area contributed by atoms with Gasteiger partial charge in [0.1, 0.15) is 11.8 Å². The van der Waals surface area contributed by atoms with Crippen LogP contribution in [0.15, 0.2) is 60.2 Å². The molecule has 0 radical (unpaired) electrons. The standard InChI is InChI=1S/C28H33F2N3O5/c1-17(2)12-13-31-26(37)22-15-28(29,30)16-33(22)27(38)24(35)21(14-19-8-5-4-6-9-19)32-25(36)20-10-7-11-23(34)18(20)3/h4-12,21-22,24,34-35H,13-16H2,1-3H3,(H,31,37)(H,32,36)/t21-,22?,24-/m0/s1. The number of hydrogen-bond donors (Lipinski definition) is 4. The number of nitrogens with one attached hydrogen (secondary N) is 2. The van der Waals surface area contributed by atoms with Gasteiger partial charge in [0.05, 0.1) is 12.6 Å². The number of allylic oxidation sites excluding steroid dienone is 1. The highest BCUT2D eigenvalue weighted by Gasteiger charge is 2.51. The number of aliphatic hydroxyl groups is 1. The van der Waals surface area contributed by atoms with Crippen molar-refractivity contribution >= 4 is 17.7 Å². The van der Waals surface area contributed by atoms with Gasteiger partial charge in [-0.25, -0.2) is 8.78 Å². The lowest BCUT2D eigenvalue weighted by molar-refractivity contribution is -0.147. The lowest BCUT2D eigenvalue weighted by Crippen LogP contribution is -2.56. The summed E-state index contributed by atoms with van der Waals surface area (Å²) >= 11 is 0. The minimum absolute atomic E-state index is 0.0129. The largest absolute Gasteiger partial charge is 0.508 e. The van der Waals surface area contributed by atoms with E-state index in [1.165, 1.54) is 18.2 Å². The van der Waals surface area contributed by atoms with Crippen LogP contribution in [-0.4, -0.2) is 70.0 Å². The third-order valence-electron chi connectivity index (χ3n) is 6.44. The number of aromatic hydroxyl groups is 1. The Bertz CT molecular complexity index is 1200. The predicted octanol–water partition coefficient (Wildman–Crippen LogP) is 2.72. The second kappa shape index (κ2) is 12.2. The Morgan fingerprint density at radius 3 is 2.47 bits per heavy atom. The summed E-state index contributed by atoms with van der Waals surface area (Å²) in [5, 5.41) is 26.2. The van der Waals surface area contributed by atoms with E-state index in [1.54, 1.807) is 43.3 Å². The van der Waals surface area contributed by atoms with E-state index < -0.39 is 54.8 Å². The number of halogens is 2. The molecule has 204 valence electrons. The number of benzene rings is 2. The number of phenolic OH excluding ortho intramolecular Hbond substituents is 1. The molecule has 2 aromatic rings. The maximum atomic E-state index is 14.4. The highest BCUT2D eigenvalue weighted by Crippen LogP contribution is 2.33. The van der Waals surface area contributed by atoms with Crippen LogP contribution in [0.3, 0.4) is 0 Å². The molecule has 4 N–H and O–H groups in total. The molecule has 1 heterocycles. The molecule has 0 aliphatic carbocycles. The average Bonchev–Trinajstić information content (AvgIpc) is 3.20. The van der Waals surface area contributed by atoms with Gasteiger partial charge in [-0.2, -0.15) is 0 Å². The van der Waals surface area contributed by atoms with Crippen molar-refractivity contribution in [2.75, 3.05) is 13.1 Å². The molecule has 1 fully saturated rings. The van der Waals surface area contributed by atoms with E-state index in [4.69, 9.17) is 0 Å². The summed E-state index contributed by atoms with van der Waals surface area (Å²) in [5.74, 6) is -5.91. The van der Waals surface area contributed by atoms with Crippen LogP contribution < -0.4 is 10.6 Å². The Kier molecular flexibility index (Phi) is 9.22. The number of rotatable bonds is 9. The molecule has 3 rings (SSSR count). The van der Waals surface area contributed by atoms with Gasteiger partial charge in [0, 0.05) is 24.1 Å². The highest BCUT2D eigenvalue weighted by atomic mass is 19.3. The molecule has 2 aromatic carbocycles. The molecule has 3 amide bonds. The van der Waals surface area contributed by atoms with Crippen molar-refractivity contribution in [2.24, 2.45) is 0 Å². The molecule has 1 aliphatic rings. The second-order valence-electron chi connectivity index (χ2n) is 9.73. The van der Waals surface area contributed by atoms with Crippen LogP contribution in [0.5, 0.6) is 5.75 Å². The molecule has 1 aliphatic heterocycles. The fourth-order valence-electron chi connectivity index (χ4n) is 4.32. The first-order valence-electron chi connectivity index (χ1n) is 12.3. The number of carbonyl (C=O) groups is 3. The van der Waals surface area contributed by atoms with E-state index in [9.17, 15) is 33.4 Å². The fourth-order valence-corrected chi connectivity index (χ4v) is 4.32. The zero-order valence-electron chi connectivity index (χ0n) is 21.6. The first kappa shape index (κ1) is 28.8. The quantitative estimate of drug-likeness (QED) is 0.373. The van der Waals surface area contributed by atoms with Gasteiger partial charge in [0.15, 0.2) is 6.10 Å². The number of phenols is 1. The molecule has 0 saturated carbocycles. The Morgan fingerprint density at radius 2 is 1.82 bits per heavy atom. The van der Waals surface area contributed by atoms with Gasteiger partial charge in [0.2, 0.25) is 5.91 Å². The molecule has 38 heavy (non-hydrogen) atoms. The second-order valence-corrected chi connectivity index (χ2v) is 9.73. The summed E-state index contributed by atoms with van der Waals surface area (Å²) in [7, 11) is 0. The number of alkyl halides is 2. The van der Waals surface area contributed by atoms with Gasteiger partial charge in [-0.3, -0.25) is 14.4 Å². The normalized spacial score (nSPS) is 17.8. The number of amides is 3. The van der Waals surface area contributed by atoms with Crippen LogP contribution in [0, 0.1) is 6.92 Å².